The number of fused-ring (bicyclic) bond motifs is 1. The number of benzene rings is 2. The molecule has 0 spiro atoms. The van der Waals surface area contributed by atoms with E-state index < -0.39 is 6.10 Å². The molecule has 29 heavy (non-hydrogen) atoms. The summed E-state index contributed by atoms with van der Waals surface area (Å²) in [6.07, 6.45) is 1.07. The first-order valence-electron chi connectivity index (χ1n) is 9.88. The van der Waals surface area contributed by atoms with Crippen molar-refractivity contribution in [2.75, 3.05) is 11.9 Å². The zero-order valence-corrected chi connectivity index (χ0v) is 17.7. The molecule has 152 valence electrons. The number of ether oxygens (including phenoxy) is 2. The third-order valence-electron chi connectivity index (χ3n) is 4.69. The molecule has 2 aromatic carbocycles. The van der Waals surface area contributed by atoms with Gasteiger partial charge in [-0.3, -0.25) is 9.78 Å². The molecule has 3 aromatic rings. The van der Waals surface area contributed by atoms with E-state index in [2.05, 4.69) is 31.1 Å². The van der Waals surface area contributed by atoms with Gasteiger partial charge < -0.3 is 14.8 Å². The van der Waals surface area contributed by atoms with Crippen LogP contribution in [-0.4, -0.2) is 23.6 Å². The number of hydrogen-bond acceptors (Lipinski definition) is 4. The van der Waals surface area contributed by atoms with Crippen LogP contribution in [0.3, 0.4) is 0 Å². The van der Waals surface area contributed by atoms with Crippen molar-refractivity contribution < 1.29 is 14.3 Å². The fourth-order valence-electron chi connectivity index (χ4n) is 3.05. The Hall–Kier alpha value is -3.08. The highest BCUT2D eigenvalue weighted by molar-refractivity contribution is 6.04. The van der Waals surface area contributed by atoms with Crippen LogP contribution in [0, 0.1) is 0 Å². The SMILES string of the molecule is CCOc1ccc(NC(=O)C(C)Oc2ccc(C(C)(C)C)cc2)c2cccnc12. The zero-order chi connectivity index (χ0) is 21.0. The van der Waals surface area contributed by atoms with Crippen molar-refractivity contribution in [2.24, 2.45) is 0 Å². The summed E-state index contributed by atoms with van der Waals surface area (Å²) in [6, 6.07) is 15.3. The average molecular weight is 392 g/mol. The standard InChI is InChI=1S/C24H28N2O3/c1-6-28-21-14-13-20(19-8-7-15-25-22(19)21)26-23(27)16(2)29-18-11-9-17(10-12-18)24(3,4)5/h7-16H,6H2,1-5H3,(H,26,27). The highest BCUT2D eigenvalue weighted by Crippen LogP contribution is 2.30. The molecule has 1 N–H and O–H groups in total. The third kappa shape index (κ3) is 4.86. The van der Waals surface area contributed by atoms with Gasteiger partial charge in [-0.05, 0) is 61.2 Å². The number of pyridine rings is 1. The Morgan fingerprint density at radius 3 is 2.48 bits per heavy atom. The Morgan fingerprint density at radius 1 is 1.10 bits per heavy atom. The van der Waals surface area contributed by atoms with Crippen molar-refractivity contribution in [3.05, 3.63) is 60.3 Å². The molecule has 0 saturated heterocycles. The van der Waals surface area contributed by atoms with E-state index in [1.165, 1.54) is 5.56 Å². The molecule has 5 nitrogen and oxygen atoms in total. The molecule has 0 bridgehead atoms. The van der Waals surface area contributed by atoms with Crippen LogP contribution in [0.25, 0.3) is 10.9 Å². The molecule has 1 atom stereocenters. The largest absolute Gasteiger partial charge is 0.492 e. The van der Waals surface area contributed by atoms with E-state index in [0.717, 1.165) is 10.9 Å². The van der Waals surface area contributed by atoms with Crippen molar-refractivity contribution >= 4 is 22.5 Å². The lowest BCUT2D eigenvalue weighted by Crippen LogP contribution is -2.30. The molecule has 1 heterocycles. The highest BCUT2D eigenvalue weighted by Gasteiger charge is 2.18. The summed E-state index contributed by atoms with van der Waals surface area (Å²) < 4.78 is 11.5. The van der Waals surface area contributed by atoms with Crippen molar-refractivity contribution in [1.29, 1.82) is 0 Å². The van der Waals surface area contributed by atoms with E-state index in [4.69, 9.17) is 9.47 Å². The Bertz CT molecular complexity index is 991. The topological polar surface area (TPSA) is 60.5 Å². The Morgan fingerprint density at radius 2 is 1.83 bits per heavy atom. The van der Waals surface area contributed by atoms with E-state index in [1.807, 2.05) is 55.5 Å². The van der Waals surface area contributed by atoms with Gasteiger partial charge in [0.2, 0.25) is 0 Å². The lowest BCUT2D eigenvalue weighted by molar-refractivity contribution is -0.122. The molecule has 0 aliphatic carbocycles. The van der Waals surface area contributed by atoms with Crippen LogP contribution >= 0.6 is 0 Å². The number of carbonyl (C=O) groups is 1. The van der Waals surface area contributed by atoms with Gasteiger partial charge in [-0.1, -0.05) is 32.9 Å². The van der Waals surface area contributed by atoms with Gasteiger partial charge >= 0.3 is 0 Å². The minimum Gasteiger partial charge on any atom is -0.492 e. The Balaban J connectivity index is 1.74. The van der Waals surface area contributed by atoms with Gasteiger partial charge in [-0.15, -0.1) is 0 Å². The van der Waals surface area contributed by atoms with E-state index >= 15 is 0 Å². The van der Waals surface area contributed by atoms with E-state index in [-0.39, 0.29) is 11.3 Å². The number of nitrogens with one attached hydrogen (secondary N) is 1. The molecule has 0 aliphatic heterocycles. The number of rotatable bonds is 6. The smallest absolute Gasteiger partial charge is 0.265 e. The quantitative estimate of drug-likeness (QED) is 0.615. The fraction of sp³-hybridized carbons (Fsp3) is 0.333. The highest BCUT2D eigenvalue weighted by atomic mass is 16.5. The lowest BCUT2D eigenvalue weighted by Gasteiger charge is -2.20. The maximum absolute atomic E-state index is 12.7. The number of nitrogens with zero attached hydrogens (tertiary/aromatic N) is 1. The van der Waals surface area contributed by atoms with E-state index in [1.54, 1.807) is 13.1 Å². The second-order valence-electron chi connectivity index (χ2n) is 7.97. The minimum atomic E-state index is -0.645. The van der Waals surface area contributed by atoms with Gasteiger partial charge in [-0.25, -0.2) is 0 Å². The van der Waals surface area contributed by atoms with Gasteiger partial charge in [0.25, 0.3) is 5.91 Å². The molecule has 0 radical (unpaired) electrons. The summed E-state index contributed by atoms with van der Waals surface area (Å²) in [5, 5.41) is 3.78. The van der Waals surface area contributed by atoms with Gasteiger partial charge in [0.1, 0.15) is 17.0 Å². The molecule has 0 saturated carbocycles. The first-order valence-corrected chi connectivity index (χ1v) is 9.88. The van der Waals surface area contributed by atoms with Crippen LogP contribution in [0.15, 0.2) is 54.7 Å². The third-order valence-corrected chi connectivity index (χ3v) is 4.69. The summed E-state index contributed by atoms with van der Waals surface area (Å²) >= 11 is 0. The number of carbonyl (C=O) groups excluding carboxylic acids is 1. The average Bonchev–Trinajstić information content (AvgIpc) is 2.69. The molecular formula is C24H28N2O3. The summed E-state index contributed by atoms with van der Waals surface area (Å²) in [5.41, 5.74) is 2.69. The van der Waals surface area contributed by atoms with Crippen molar-refractivity contribution in [1.82, 2.24) is 4.98 Å². The predicted octanol–water partition coefficient (Wildman–Crippen LogP) is 5.34. The number of anilines is 1. The van der Waals surface area contributed by atoms with E-state index in [0.29, 0.717) is 23.8 Å². The lowest BCUT2D eigenvalue weighted by atomic mass is 9.87. The molecule has 5 heteroatoms. The molecule has 3 rings (SSSR count). The molecular weight excluding hydrogens is 364 g/mol. The fourth-order valence-corrected chi connectivity index (χ4v) is 3.05. The van der Waals surface area contributed by atoms with Crippen LogP contribution in [0.5, 0.6) is 11.5 Å². The monoisotopic (exact) mass is 392 g/mol. The van der Waals surface area contributed by atoms with Crippen LogP contribution in [0.2, 0.25) is 0 Å². The van der Waals surface area contributed by atoms with Crippen LogP contribution in [-0.2, 0) is 10.2 Å². The molecule has 1 aromatic heterocycles. The van der Waals surface area contributed by atoms with Crippen molar-refractivity contribution in [3.63, 3.8) is 0 Å². The van der Waals surface area contributed by atoms with Crippen molar-refractivity contribution in [3.8, 4) is 11.5 Å². The van der Waals surface area contributed by atoms with Crippen LogP contribution in [0.1, 0.15) is 40.2 Å². The molecule has 0 aliphatic rings. The predicted molar refractivity (Wildman–Crippen MR) is 117 cm³/mol. The van der Waals surface area contributed by atoms with E-state index in [9.17, 15) is 4.79 Å². The Kier molecular flexibility index (Phi) is 6.06. The first kappa shape index (κ1) is 20.6. The minimum absolute atomic E-state index is 0.0737. The number of amides is 1. The second kappa shape index (κ2) is 8.52. The summed E-state index contributed by atoms with van der Waals surface area (Å²) in [4.78, 5) is 17.1. The van der Waals surface area contributed by atoms with Crippen LogP contribution < -0.4 is 14.8 Å². The number of aromatic nitrogens is 1. The zero-order valence-electron chi connectivity index (χ0n) is 17.7. The maximum Gasteiger partial charge on any atom is 0.265 e. The van der Waals surface area contributed by atoms with Gasteiger partial charge in [-0.2, -0.15) is 0 Å². The van der Waals surface area contributed by atoms with Gasteiger partial charge in [0.05, 0.1) is 12.3 Å². The van der Waals surface area contributed by atoms with Crippen molar-refractivity contribution in [2.45, 2.75) is 46.1 Å². The normalized spacial score (nSPS) is 12.4. The summed E-state index contributed by atoms with van der Waals surface area (Å²) in [7, 11) is 0. The summed E-state index contributed by atoms with van der Waals surface area (Å²) in [5.74, 6) is 1.14. The molecule has 1 amide bonds. The van der Waals surface area contributed by atoms with Gasteiger partial charge in [0.15, 0.2) is 6.10 Å². The maximum atomic E-state index is 12.7. The molecule has 0 fully saturated rings. The number of hydrogen-bond donors (Lipinski definition) is 1. The molecule has 1 unspecified atom stereocenters. The second-order valence-corrected chi connectivity index (χ2v) is 7.97. The Labute approximate surface area is 172 Å². The summed E-state index contributed by atoms with van der Waals surface area (Å²) in [6.45, 7) is 10.7. The first-order chi connectivity index (χ1) is 13.8. The van der Waals surface area contributed by atoms with Crippen LogP contribution in [0.4, 0.5) is 5.69 Å². The van der Waals surface area contributed by atoms with Gasteiger partial charge in [0, 0.05) is 11.6 Å².